The molecule has 0 saturated carbocycles. The van der Waals surface area contributed by atoms with E-state index in [1.54, 1.807) is 37.5 Å². The number of halogens is 3. The highest BCUT2D eigenvalue weighted by Gasteiger charge is 2.30. The molecule has 2 aromatic carbocycles. The van der Waals surface area contributed by atoms with Crippen LogP contribution >= 0.6 is 11.3 Å². The summed E-state index contributed by atoms with van der Waals surface area (Å²) >= 11 is 1.20. The van der Waals surface area contributed by atoms with Crippen LogP contribution in [-0.4, -0.2) is 18.0 Å². The second-order valence-electron chi connectivity index (χ2n) is 6.88. The summed E-state index contributed by atoms with van der Waals surface area (Å²) in [7, 11) is 1.58. The molecule has 0 fully saturated rings. The molecule has 1 amide bonds. The van der Waals surface area contributed by atoms with E-state index in [0.717, 1.165) is 22.4 Å². The number of carbonyl (C=O) groups is 1. The van der Waals surface area contributed by atoms with Crippen LogP contribution in [0.15, 0.2) is 65.2 Å². The minimum Gasteiger partial charge on any atom is -0.497 e. The minimum absolute atomic E-state index is 0.287. The average Bonchev–Trinajstić information content (AvgIpc) is 3.37. The van der Waals surface area contributed by atoms with Crippen LogP contribution in [0.1, 0.15) is 21.8 Å². The third-order valence-corrected chi connectivity index (χ3v) is 5.47. The van der Waals surface area contributed by atoms with Crippen LogP contribution in [0.25, 0.3) is 17.0 Å². The Balaban J connectivity index is 1.38. The largest absolute Gasteiger partial charge is 0.497 e. The summed E-state index contributed by atoms with van der Waals surface area (Å²) in [5, 5.41) is 3.85. The van der Waals surface area contributed by atoms with Gasteiger partial charge in [-0.2, -0.15) is 13.2 Å². The van der Waals surface area contributed by atoms with E-state index in [1.807, 2.05) is 6.07 Å². The number of methoxy groups -OCH3 is 1. The summed E-state index contributed by atoms with van der Waals surface area (Å²) in [6, 6.07) is 12.3. The van der Waals surface area contributed by atoms with Crippen LogP contribution in [0, 0.1) is 0 Å². The highest BCUT2D eigenvalue weighted by Crippen LogP contribution is 2.30. The molecule has 164 valence electrons. The van der Waals surface area contributed by atoms with Crippen molar-refractivity contribution in [2.45, 2.75) is 12.6 Å². The number of hydrogen-bond acceptors (Lipinski definition) is 5. The lowest BCUT2D eigenvalue weighted by atomic mass is 10.1. The van der Waals surface area contributed by atoms with Crippen LogP contribution in [0.2, 0.25) is 0 Å². The van der Waals surface area contributed by atoms with Gasteiger partial charge in [0.25, 0.3) is 0 Å². The average molecular weight is 458 g/mol. The summed E-state index contributed by atoms with van der Waals surface area (Å²) in [6.45, 7) is 0. The van der Waals surface area contributed by atoms with Crippen molar-refractivity contribution in [1.29, 1.82) is 0 Å². The second-order valence-corrected chi connectivity index (χ2v) is 8.00. The van der Waals surface area contributed by atoms with Gasteiger partial charge in [-0.25, -0.2) is 4.98 Å². The van der Waals surface area contributed by atoms with Gasteiger partial charge in [0, 0.05) is 29.0 Å². The van der Waals surface area contributed by atoms with Crippen molar-refractivity contribution < 1.29 is 27.1 Å². The lowest BCUT2D eigenvalue weighted by molar-refractivity contribution is -0.137. The molecule has 9 heteroatoms. The highest BCUT2D eigenvalue weighted by atomic mass is 32.1. The monoisotopic (exact) mass is 458 g/mol. The van der Waals surface area contributed by atoms with E-state index in [1.165, 1.54) is 29.7 Å². The Labute approximate surface area is 185 Å². The standard InChI is InChI=1S/C23H17F3N2O3S/c1-30-17-5-7-20-15(11-17)12-18(31-20)6-8-21(29)28-22-27-13-19(32-22)10-14-3-2-4-16(9-14)23(24,25)26/h2-9,11-13H,10H2,1H3,(H,27,28,29). The molecule has 1 N–H and O–H groups in total. The Morgan fingerprint density at radius 3 is 2.84 bits per heavy atom. The number of rotatable bonds is 6. The lowest BCUT2D eigenvalue weighted by Gasteiger charge is -2.07. The third kappa shape index (κ3) is 5.17. The SMILES string of the molecule is COc1ccc2oc(C=CC(=O)Nc3ncc(Cc4cccc(C(F)(F)F)c4)s3)cc2c1. The normalized spacial score (nSPS) is 11.9. The van der Waals surface area contributed by atoms with Crippen molar-refractivity contribution in [2.24, 2.45) is 0 Å². The molecule has 2 heterocycles. The number of ether oxygens (including phenoxy) is 1. The molecular weight excluding hydrogens is 441 g/mol. The summed E-state index contributed by atoms with van der Waals surface area (Å²) in [5.74, 6) is 0.812. The first-order chi connectivity index (χ1) is 15.3. The Bertz CT molecular complexity index is 1290. The highest BCUT2D eigenvalue weighted by molar-refractivity contribution is 7.15. The topological polar surface area (TPSA) is 64.4 Å². The first kappa shape index (κ1) is 21.6. The number of carbonyl (C=O) groups excluding carboxylic acids is 1. The van der Waals surface area contributed by atoms with Gasteiger partial charge in [0.15, 0.2) is 5.13 Å². The number of nitrogens with zero attached hydrogens (tertiary/aromatic N) is 1. The van der Waals surface area contributed by atoms with Gasteiger partial charge in [-0.1, -0.05) is 18.2 Å². The molecule has 32 heavy (non-hydrogen) atoms. The van der Waals surface area contributed by atoms with E-state index >= 15 is 0 Å². The molecule has 0 saturated heterocycles. The number of benzene rings is 2. The first-order valence-corrected chi connectivity index (χ1v) is 10.3. The maximum absolute atomic E-state index is 12.9. The number of alkyl halides is 3. The fraction of sp³-hybridized carbons (Fsp3) is 0.130. The maximum atomic E-state index is 12.9. The van der Waals surface area contributed by atoms with E-state index in [0.29, 0.717) is 27.8 Å². The molecule has 4 rings (SSSR count). The van der Waals surface area contributed by atoms with Crippen molar-refractivity contribution >= 4 is 39.4 Å². The lowest BCUT2D eigenvalue weighted by Crippen LogP contribution is -2.06. The van der Waals surface area contributed by atoms with Gasteiger partial charge in [0.05, 0.1) is 12.7 Å². The smallest absolute Gasteiger partial charge is 0.416 e. The number of nitrogens with one attached hydrogen (secondary N) is 1. The number of anilines is 1. The van der Waals surface area contributed by atoms with Crippen molar-refractivity contribution in [1.82, 2.24) is 4.98 Å². The van der Waals surface area contributed by atoms with Gasteiger partial charge in [0.1, 0.15) is 17.1 Å². The van der Waals surface area contributed by atoms with Gasteiger partial charge in [-0.05, 0) is 42.0 Å². The van der Waals surface area contributed by atoms with Gasteiger partial charge >= 0.3 is 6.18 Å². The molecule has 0 unspecified atom stereocenters. The zero-order valence-electron chi connectivity index (χ0n) is 16.8. The predicted molar refractivity (Wildman–Crippen MR) is 117 cm³/mol. The maximum Gasteiger partial charge on any atom is 0.416 e. The summed E-state index contributed by atoms with van der Waals surface area (Å²) in [4.78, 5) is 17.1. The van der Waals surface area contributed by atoms with Crippen LogP contribution in [0.3, 0.4) is 0 Å². The van der Waals surface area contributed by atoms with E-state index < -0.39 is 17.6 Å². The Morgan fingerprint density at radius 2 is 2.06 bits per heavy atom. The summed E-state index contributed by atoms with van der Waals surface area (Å²) < 4.78 is 49.4. The number of amides is 1. The number of hydrogen-bond donors (Lipinski definition) is 1. The van der Waals surface area contributed by atoms with Gasteiger partial charge in [-0.15, -0.1) is 11.3 Å². The minimum atomic E-state index is -4.39. The number of aromatic nitrogens is 1. The summed E-state index contributed by atoms with van der Waals surface area (Å²) in [6.07, 6.45) is 0.301. The predicted octanol–water partition coefficient (Wildman–Crippen LogP) is 6.16. The molecule has 0 aliphatic heterocycles. The van der Waals surface area contributed by atoms with Crippen molar-refractivity contribution in [3.8, 4) is 5.75 Å². The third-order valence-electron chi connectivity index (χ3n) is 4.56. The fourth-order valence-corrected chi connectivity index (χ4v) is 3.91. The molecule has 0 aliphatic carbocycles. The number of fused-ring (bicyclic) bond motifs is 1. The molecule has 0 bridgehead atoms. The van der Waals surface area contributed by atoms with Crippen molar-refractivity contribution in [2.75, 3.05) is 12.4 Å². The van der Waals surface area contributed by atoms with Gasteiger partial charge in [0.2, 0.25) is 5.91 Å². The summed E-state index contributed by atoms with van der Waals surface area (Å²) in [5.41, 5.74) is 0.495. The number of thiazole rings is 1. The molecular formula is C23H17F3N2O3S. The van der Waals surface area contributed by atoms with E-state index in [-0.39, 0.29) is 6.42 Å². The van der Waals surface area contributed by atoms with Crippen LogP contribution in [0.5, 0.6) is 5.75 Å². The zero-order chi connectivity index (χ0) is 22.7. The second kappa shape index (κ2) is 8.88. The van der Waals surface area contributed by atoms with Crippen LogP contribution in [-0.2, 0) is 17.4 Å². The van der Waals surface area contributed by atoms with E-state index in [2.05, 4.69) is 10.3 Å². The van der Waals surface area contributed by atoms with E-state index in [4.69, 9.17) is 9.15 Å². The quantitative estimate of drug-likeness (QED) is 0.352. The van der Waals surface area contributed by atoms with Gasteiger partial charge in [-0.3, -0.25) is 10.1 Å². The molecule has 0 atom stereocenters. The number of furan rings is 1. The molecule has 0 radical (unpaired) electrons. The zero-order valence-corrected chi connectivity index (χ0v) is 17.6. The Morgan fingerprint density at radius 1 is 1.22 bits per heavy atom. The van der Waals surface area contributed by atoms with Crippen LogP contribution in [0.4, 0.5) is 18.3 Å². The molecule has 5 nitrogen and oxygen atoms in total. The van der Waals surface area contributed by atoms with Crippen molar-refractivity contribution in [3.05, 3.63) is 82.6 Å². The van der Waals surface area contributed by atoms with Crippen LogP contribution < -0.4 is 10.1 Å². The molecule has 0 aliphatic rings. The Hall–Kier alpha value is -3.59. The fourth-order valence-electron chi connectivity index (χ4n) is 3.06. The van der Waals surface area contributed by atoms with Gasteiger partial charge < -0.3 is 9.15 Å². The Kier molecular flexibility index (Phi) is 6.00. The van der Waals surface area contributed by atoms with Crippen molar-refractivity contribution in [3.63, 3.8) is 0 Å². The molecule has 2 aromatic heterocycles. The molecule has 4 aromatic rings. The van der Waals surface area contributed by atoms with E-state index in [9.17, 15) is 18.0 Å². The molecule has 0 spiro atoms. The first-order valence-electron chi connectivity index (χ1n) is 9.47.